The zero-order chi connectivity index (χ0) is 23.1. The number of hydrogen-bond acceptors (Lipinski definition) is 5. The Labute approximate surface area is 191 Å². The van der Waals surface area contributed by atoms with Gasteiger partial charge in [0.05, 0.1) is 11.7 Å². The van der Waals surface area contributed by atoms with Gasteiger partial charge in [-0.3, -0.25) is 4.79 Å². The van der Waals surface area contributed by atoms with Crippen molar-refractivity contribution in [3.63, 3.8) is 0 Å². The van der Waals surface area contributed by atoms with Gasteiger partial charge in [-0.15, -0.1) is 0 Å². The lowest BCUT2D eigenvalue weighted by atomic mass is 10.1. The summed E-state index contributed by atoms with van der Waals surface area (Å²) in [5.41, 5.74) is 4.58. The van der Waals surface area contributed by atoms with Crippen molar-refractivity contribution in [3.05, 3.63) is 76.6 Å². The number of fused-ring (bicyclic) bond motifs is 1. The van der Waals surface area contributed by atoms with Crippen molar-refractivity contribution in [1.29, 1.82) is 0 Å². The van der Waals surface area contributed by atoms with Crippen molar-refractivity contribution < 1.29 is 9.18 Å². The Morgan fingerprint density at radius 2 is 1.88 bits per heavy atom. The van der Waals surface area contributed by atoms with Gasteiger partial charge in [0, 0.05) is 28.8 Å². The number of aromatic amines is 1. The lowest BCUT2D eigenvalue weighted by Crippen LogP contribution is -2.31. The Bertz CT molecular complexity index is 1340. The first kappa shape index (κ1) is 21.1. The molecule has 0 spiro atoms. The number of amides is 1. The molecular weight excluding hydrogens is 419 g/mol. The van der Waals surface area contributed by atoms with Gasteiger partial charge in [-0.1, -0.05) is 6.07 Å². The lowest BCUT2D eigenvalue weighted by Gasteiger charge is -2.24. The summed E-state index contributed by atoms with van der Waals surface area (Å²) in [5, 5.41) is 3.91. The fourth-order valence-corrected chi connectivity index (χ4v) is 4.58. The molecule has 4 heterocycles. The molecule has 1 aliphatic rings. The number of benzene rings is 1. The van der Waals surface area contributed by atoms with Crippen LogP contribution in [0.5, 0.6) is 0 Å². The largest absolute Gasteiger partial charge is 0.350 e. The molecule has 7 nitrogen and oxygen atoms in total. The highest BCUT2D eigenvalue weighted by atomic mass is 19.1. The molecule has 2 N–H and O–H groups in total. The fraction of sp³-hybridized carbons (Fsp3) is 0.280. The molecule has 33 heavy (non-hydrogen) atoms. The SMILES string of the molecule is Cc1cc(C)nc(Nc2cccc([C@H]3CCCN3C(=O)c3[nH]c4ccc(F)cc4c3C)n2)n1. The molecule has 1 aliphatic heterocycles. The maximum atomic E-state index is 13.7. The molecule has 0 aliphatic carbocycles. The molecular formula is C25H25FN6O. The van der Waals surface area contributed by atoms with Gasteiger partial charge in [0.15, 0.2) is 0 Å². The summed E-state index contributed by atoms with van der Waals surface area (Å²) in [6.07, 6.45) is 1.72. The molecule has 1 atom stereocenters. The summed E-state index contributed by atoms with van der Waals surface area (Å²) in [6, 6.07) is 12.0. The number of anilines is 2. The fourth-order valence-electron chi connectivity index (χ4n) is 4.58. The monoisotopic (exact) mass is 444 g/mol. The van der Waals surface area contributed by atoms with Crippen LogP contribution in [0.1, 0.15) is 52.0 Å². The number of hydrogen-bond donors (Lipinski definition) is 2. The van der Waals surface area contributed by atoms with Gasteiger partial charge in [-0.05, 0) is 75.6 Å². The first-order valence-corrected chi connectivity index (χ1v) is 11.0. The third kappa shape index (κ3) is 4.04. The number of H-pyrrole nitrogens is 1. The predicted molar refractivity (Wildman–Crippen MR) is 125 cm³/mol. The molecule has 0 saturated carbocycles. The molecule has 1 saturated heterocycles. The first-order valence-electron chi connectivity index (χ1n) is 11.0. The molecule has 0 unspecified atom stereocenters. The van der Waals surface area contributed by atoms with Gasteiger partial charge in [0.2, 0.25) is 5.95 Å². The zero-order valence-electron chi connectivity index (χ0n) is 18.8. The summed E-state index contributed by atoms with van der Waals surface area (Å²) < 4.78 is 13.7. The van der Waals surface area contributed by atoms with Crippen LogP contribution in [0.2, 0.25) is 0 Å². The maximum Gasteiger partial charge on any atom is 0.271 e. The van der Waals surface area contributed by atoms with Crippen molar-refractivity contribution in [3.8, 4) is 0 Å². The molecule has 5 rings (SSSR count). The Morgan fingerprint density at radius 1 is 1.09 bits per heavy atom. The van der Waals surface area contributed by atoms with E-state index < -0.39 is 0 Å². The van der Waals surface area contributed by atoms with Gasteiger partial charge in [0.1, 0.15) is 17.3 Å². The van der Waals surface area contributed by atoms with E-state index in [1.807, 2.05) is 49.9 Å². The van der Waals surface area contributed by atoms with Crippen LogP contribution in [0.25, 0.3) is 10.9 Å². The van der Waals surface area contributed by atoms with Crippen molar-refractivity contribution >= 4 is 28.6 Å². The van der Waals surface area contributed by atoms with Crippen LogP contribution in [0.4, 0.5) is 16.2 Å². The number of pyridine rings is 1. The molecule has 4 aromatic rings. The van der Waals surface area contributed by atoms with E-state index in [2.05, 4.69) is 20.3 Å². The lowest BCUT2D eigenvalue weighted by molar-refractivity contribution is 0.0727. The van der Waals surface area contributed by atoms with E-state index in [1.165, 1.54) is 12.1 Å². The van der Waals surface area contributed by atoms with E-state index in [1.54, 1.807) is 6.07 Å². The van der Waals surface area contributed by atoms with Gasteiger partial charge in [-0.2, -0.15) is 0 Å². The maximum absolute atomic E-state index is 13.7. The normalized spacial score (nSPS) is 15.9. The van der Waals surface area contributed by atoms with E-state index in [0.717, 1.165) is 46.4 Å². The van der Waals surface area contributed by atoms with Crippen LogP contribution in [0, 0.1) is 26.6 Å². The number of aryl methyl sites for hydroxylation is 3. The number of carbonyl (C=O) groups is 1. The van der Waals surface area contributed by atoms with E-state index in [4.69, 9.17) is 4.98 Å². The number of rotatable bonds is 4. The van der Waals surface area contributed by atoms with E-state index in [0.29, 0.717) is 24.0 Å². The van der Waals surface area contributed by atoms with E-state index in [-0.39, 0.29) is 17.8 Å². The van der Waals surface area contributed by atoms with Gasteiger partial charge >= 0.3 is 0 Å². The minimum atomic E-state index is -0.316. The third-order valence-electron chi connectivity index (χ3n) is 6.08. The second-order valence-corrected chi connectivity index (χ2v) is 8.52. The number of carbonyl (C=O) groups excluding carboxylic acids is 1. The molecule has 8 heteroatoms. The van der Waals surface area contributed by atoms with Gasteiger partial charge in [0.25, 0.3) is 5.91 Å². The Balaban J connectivity index is 1.42. The molecule has 3 aromatic heterocycles. The standard InChI is InChI=1S/C25H25FN6O/c1-14-12-15(2)28-25(27-14)31-22-8-4-6-20(29-22)21-7-5-11-32(21)24(33)23-16(3)18-13-17(26)9-10-19(18)30-23/h4,6,8-10,12-13,21,30H,5,7,11H2,1-3H3,(H,27,28,29,31)/t21-/m1/s1. The van der Waals surface area contributed by atoms with Crippen LogP contribution >= 0.6 is 0 Å². The second kappa shape index (κ2) is 8.27. The topological polar surface area (TPSA) is 86.8 Å². The van der Waals surface area contributed by atoms with Crippen LogP contribution in [-0.4, -0.2) is 37.3 Å². The zero-order valence-corrected chi connectivity index (χ0v) is 18.8. The molecule has 1 fully saturated rings. The molecule has 0 radical (unpaired) electrons. The number of nitrogens with zero attached hydrogens (tertiary/aromatic N) is 4. The van der Waals surface area contributed by atoms with Gasteiger partial charge in [-0.25, -0.2) is 19.3 Å². The van der Waals surface area contributed by atoms with Crippen molar-refractivity contribution in [2.24, 2.45) is 0 Å². The van der Waals surface area contributed by atoms with E-state index >= 15 is 0 Å². The number of likely N-dealkylation sites (tertiary alicyclic amines) is 1. The highest BCUT2D eigenvalue weighted by Crippen LogP contribution is 2.34. The number of halogens is 1. The summed E-state index contributed by atoms with van der Waals surface area (Å²) in [4.78, 5) is 32.1. The first-order chi connectivity index (χ1) is 15.9. The number of nitrogens with one attached hydrogen (secondary N) is 2. The van der Waals surface area contributed by atoms with Crippen LogP contribution in [0.15, 0.2) is 42.5 Å². The third-order valence-corrected chi connectivity index (χ3v) is 6.08. The van der Waals surface area contributed by atoms with Crippen molar-refractivity contribution in [2.45, 2.75) is 39.7 Å². The Hall–Kier alpha value is -3.81. The minimum Gasteiger partial charge on any atom is -0.350 e. The summed E-state index contributed by atoms with van der Waals surface area (Å²) in [5.74, 6) is 0.722. The highest BCUT2D eigenvalue weighted by molar-refractivity contribution is 6.01. The minimum absolute atomic E-state index is 0.0931. The Kier molecular flexibility index (Phi) is 5.28. The Morgan fingerprint density at radius 3 is 2.67 bits per heavy atom. The predicted octanol–water partition coefficient (Wildman–Crippen LogP) is 5.14. The number of aromatic nitrogens is 4. The summed E-state index contributed by atoms with van der Waals surface area (Å²) in [7, 11) is 0. The molecule has 1 amide bonds. The van der Waals surface area contributed by atoms with E-state index in [9.17, 15) is 9.18 Å². The van der Waals surface area contributed by atoms with Crippen molar-refractivity contribution in [2.75, 3.05) is 11.9 Å². The van der Waals surface area contributed by atoms with Gasteiger partial charge < -0.3 is 15.2 Å². The molecule has 168 valence electrons. The average molecular weight is 445 g/mol. The van der Waals surface area contributed by atoms with Crippen LogP contribution < -0.4 is 5.32 Å². The van der Waals surface area contributed by atoms with Crippen LogP contribution in [0.3, 0.4) is 0 Å². The molecule has 1 aromatic carbocycles. The van der Waals surface area contributed by atoms with Crippen LogP contribution in [-0.2, 0) is 0 Å². The molecule has 0 bridgehead atoms. The summed E-state index contributed by atoms with van der Waals surface area (Å²) >= 11 is 0. The second-order valence-electron chi connectivity index (χ2n) is 8.52. The van der Waals surface area contributed by atoms with Crippen molar-refractivity contribution in [1.82, 2.24) is 24.8 Å². The quantitative estimate of drug-likeness (QED) is 0.455. The summed E-state index contributed by atoms with van der Waals surface area (Å²) in [6.45, 7) is 6.34. The highest BCUT2D eigenvalue weighted by Gasteiger charge is 2.33. The average Bonchev–Trinajstić information content (AvgIpc) is 3.38. The smallest absolute Gasteiger partial charge is 0.271 e.